The highest BCUT2D eigenvalue weighted by Crippen LogP contribution is 2.15. The summed E-state index contributed by atoms with van der Waals surface area (Å²) in [5.74, 6) is 0.689. The van der Waals surface area contributed by atoms with E-state index in [1.165, 1.54) is 0 Å². The number of carbonyl (C=O) groups is 1. The molecule has 2 aromatic rings. The van der Waals surface area contributed by atoms with Gasteiger partial charge in [-0.1, -0.05) is 23.5 Å². The van der Waals surface area contributed by atoms with E-state index < -0.39 is 0 Å². The van der Waals surface area contributed by atoms with Crippen molar-refractivity contribution in [2.45, 2.75) is 19.9 Å². The molecule has 0 saturated carbocycles. The largest absolute Gasteiger partial charge is 0.492 e. The third-order valence-electron chi connectivity index (χ3n) is 4.23. The molecule has 140 valence electrons. The zero-order valence-electron chi connectivity index (χ0n) is 14.9. The standard InChI is InChI=1S/C18H24N4O3S/c1-2-16-17(26-21-20-16)18(23)19-13-14-4-3-5-15(12-14)25-11-8-22-6-9-24-10-7-22/h3-5,12H,2,6-11,13H2,1H3,(H,19,23). The van der Waals surface area contributed by atoms with Gasteiger partial charge < -0.3 is 14.8 Å². The summed E-state index contributed by atoms with van der Waals surface area (Å²) in [6.45, 7) is 7.45. The Morgan fingerprint density at radius 3 is 3.04 bits per heavy atom. The highest BCUT2D eigenvalue weighted by molar-refractivity contribution is 7.08. The van der Waals surface area contributed by atoms with E-state index in [9.17, 15) is 4.79 Å². The fourth-order valence-corrected chi connectivity index (χ4v) is 3.40. The van der Waals surface area contributed by atoms with Gasteiger partial charge in [0.25, 0.3) is 5.91 Å². The Morgan fingerprint density at radius 1 is 1.38 bits per heavy atom. The number of morpholine rings is 1. The first kappa shape index (κ1) is 18.8. The van der Waals surface area contributed by atoms with Crippen molar-refractivity contribution in [1.29, 1.82) is 0 Å². The van der Waals surface area contributed by atoms with E-state index >= 15 is 0 Å². The Kier molecular flexibility index (Phi) is 6.93. The number of aromatic nitrogens is 2. The molecule has 1 aliphatic rings. The molecular formula is C18H24N4O3S. The molecule has 1 saturated heterocycles. The van der Waals surface area contributed by atoms with Crippen molar-refractivity contribution in [1.82, 2.24) is 19.8 Å². The number of nitrogens with one attached hydrogen (secondary N) is 1. The van der Waals surface area contributed by atoms with Crippen LogP contribution in [0.5, 0.6) is 5.75 Å². The lowest BCUT2D eigenvalue weighted by Crippen LogP contribution is -2.38. The van der Waals surface area contributed by atoms with Gasteiger partial charge >= 0.3 is 0 Å². The van der Waals surface area contributed by atoms with Crippen molar-refractivity contribution in [3.05, 3.63) is 40.4 Å². The highest BCUT2D eigenvalue weighted by atomic mass is 32.1. The first-order chi connectivity index (χ1) is 12.8. The Balaban J connectivity index is 1.47. The summed E-state index contributed by atoms with van der Waals surface area (Å²) in [4.78, 5) is 15.2. The second kappa shape index (κ2) is 9.61. The summed E-state index contributed by atoms with van der Waals surface area (Å²) in [7, 11) is 0. The quantitative estimate of drug-likeness (QED) is 0.756. The summed E-state index contributed by atoms with van der Waals surface area (Å²) in [6, 6.07) is 7.82. The molecule has 1 aliphatic heterocycles. The van der Waals surface area contributed by atoms with Crippen LogP contribution in [-0.4, -0.2) is 59.8 Å². The summed E-state index contributed by atoms with van der Waals surface area (Å²) >= 11 is 1.13. The molecular weight excluding hydrogens is 352 g/mol. The number of nitrogens with zero attached hydrogens (tertiary/aromatic N) is 3. The summed E-state index contributed by atoms with van der Waals surface area (Å²) in [6.07, 6.45) is 0.700. The van der Waals surface area contributed by atoms with Crippen LogP contribution in [0.3, 0.4) is 0 Å². The van der Waals surface area contributed by atoms with Crippen molar-refractivity contribution < 1.29 is 14.3 Å². The minimum absolute atomic E-state index is 0.129. The number of hydrogen-bond donors (Lipinski definition) is 1. The van der Waals surface area contributed by atoms with Crippen molar-refractivity contribution >= 4 is 17.4 Å². The van der Waals surface area contributed by atoms with Gasteiger partial charge in [0.1, 0.15) is 17.2 Å². The van der Waals surface area contributed by atoms with Gasteiger partial charge in [0, 0.05) is 26.2 Å². The molecule has 1 amide bonds. The van der Waals surface area contributed by atoms with Crippen LogP contribution in [-0.2, 0) is 17.7 Å². The van der Waals surface area contributed by atoms with Crippen molar-refractivity contribution in [2.24, 2.45) is 0 Å². The maximum Gasteiger partial charge on any atom is 0.265 e. The molecule has 0 bridgehead atoms. The second-order valence-corrected chi connectivity index (χ2v) is 6.79. The van der Waals surface area contributed by atoms with Gasteiger partial charge in [-0.25, -0.2) is 0 Å². The smallest absolute Gasteiger partial charge is 0.265 e. The van der Waals surface area contributed by atoms with E-state index in [2.05, 4.69) is 19.8 Å². The molecule has 0 unspecified atom stereocenters. The number of hydrogen-bond acceptors (Lipinski definition) is 7. The fraction of sp³-hybridized carbons (Fsp3) is 0.500. The normalized spacial score (nSPS) is 15.0. The third kappa shape index (κ3) is 5.23. The van der Waals surface area contributed by atoms with Crippen LogP contribution in [0.4, 0.5) is 0 Å². The van der Waals surface area contributed by atoms with E-state index in [0.29, 0.717) is 24.4 Å². The molecule has 0 aliphatic carbocycles. The molecule has 2 heterocycles. The molecule has 1 fully saturated rings. The van der Waals surface area contributed by atoms with Crippen molar-refractivity contribution in [3.8, 4) is 5.75 Å². The predicted octanol–water partition coefficient (Wildman–Crippen LogP) is 1.74. The molecule has 0 atom stereocenters. The van der Waals surface area contributed by atoms with Crippen LogP contribution in [0.1, 0.15) is 27.9 Å². The van der Waals surface area contributed by atoms with E-state index in [1.54, 1.807) is 0 Å². The molecule has 26 heavy (non-hydrogen) atoms. The van der Waals surface area contributed by atoms with E-state index in [4.69, 9.17) is 9.47 Å². The molecule has 3 rings (SSSR count). The second-order valence-electron chi connectivity index (χ2n) is 6.03. The monoisotopic (exact) mass is 376 g/mol. The van der Waals surface area contributed by atoms with Gasteiger partial charge in [0.2, 0.25) is 0 Å². The Morgan fingerprint density at radius 2 is 2.23 bits per heavy atom. The van der Waals surface area contributed by atoms with Gasteiger partial charge in [-0.2, -0.15) is 0 Å². The first-order valence-corrected chi connectivity index (χ1v) is 9.65. The molecule has 7 nitrogen and oxygen atoms in total. The van der Waals surface area contributed by atoms with Crippen LogP contribution in [0, 0.1) is 0 Å². The Hall–Kier alpha value is -2.03. The number of benzene rings is 1. The predicted molar refractivity (Wildman–Crippen MR) is 99.7 cm³/mol. The van der Waals surface area contributed by atoms with E-state index in [1.807, 2.05) is 31.2 Å². The number of carbonyl (C=O) groups excluding carboxylic acids is 1. The van der Waals surface area contributed by atoms with E-state index in [0.717, 1.165) is 61.4 Å². The van der Waals surface area contributed by atoms with Gasteiger partial charge in [0.15, 0.2) is 0 Å². The highest BCUT2D eigenvalue weighted by Gasteiger charge is 2.14. The molecule has 1 N–H and O–H groups in total. The van der Waals surface area contributed by atoms with Gasteiger partial charge in [0.05, 0.1) is 18.9 Å². The van der Waals surface area contributed by atoms with E-state index in [-0.39, 0.29) is 5.91 Å². The Labute approximate surface area is 157 Å². The Bertz CT molecular complexity index is 716. The number of aryl methyl sites for hydroxylation is 1. The summed E-state index contributed by atoms with van der Waals surface area (Å²) in [5.41, 5.74) is 1.74. The molecule has 0 radical (unpaired) electrons. The average Bonchev–Trinajstić information content (AvgIpc) is 3.16. The van der Waals surface area contributed by atoms with Gasteiger partial charge in [-0.05, 0) is 35.6 Å². The van der Waals surface area contributed by atoms with Crippen LogP contribution < -0.4 is 10.1 Å². The lowest BCUT2D eigenvalue weighted by Gasteiger charge is -2.26. The van der Waals surface area contributed by atoms with Crippen LogP contribution in [0.25, 0.3) is 0 Å². The maximum atomic E-state index is 12.3. The van der Waals surface area contributed by atoms with Crippen LogP contribution in [0.2, 0.25) is 0 Å². The lowest BCUT2D eigenvalue weighted by molar-refractivity contribution is 0.0322. The van der Waals surface area contributed by atoms with Crippen LogP contribution >= 0.6 is 11.5 Å². The van der Waals surface area contributed by atoms with Crippen molar-refractivity contribution in [2.75, 3.05) is 39.5 Å². The minimum Gasteiger partial charge on any atom is -0.492 e. The third-order valence-corrected chi connectivity index (χ3v) is 5.00. The zero-order valence-corrected chi connectivity index (χ0v) is 15.8. The minimum atomic E-state index is -0.129. The fourth-order valence-electron chi connectivity index (χ4n) is 2.74. The topological polar surface area (TPSA) is 76.6 Å². The summed E-state index contributed by atoms with van der Waals surface area (Å²) < 4.78 is 15.0. The average molecular weight is 376 g/mol. The number of ether oxygens (including phenoxy) is 2. The number of rotatable bonds is 8. The molecule has 1 aromatic heterocycles. The maximum absolute atomic E-state index is 12.3. The van der Waals surface area contributed by atoms with Crippen LogP contribution in [0.15, 0.2) is 24.3 Å². The summed E-state index contributed by atoms with van der Waals surface area (Å²) in [5, 5.41) is 6.90. The van der Waals surface area contributed by atoms with Crippen molar-refractivity contribution in [3.63, 3.8) is 0 Å². The number of amides is 1. The van der Waals surface area contributed by atoms with Gasteiger partial charge in [-0.3, -0.25) is 9.69 Å². The molecule has 0 spiro atoms. The first-order valence-electron chi connectivity index (χ1n) is 8.87. The SMILES string of the molecule is CCc1nnsc1C(=O)NCc1cccc(OCCN2CCOCC2)c1. The lowest BCUT2D eigenvalue weighted by atomic mass is 10.2. The molecule has 8 heteroatoms. The molecule has 1 aromatic carbocycles. The zero-order chi connectivity index (χ0) is 18.2. The van der Waals surface area contributed by atoms with Gasteiger partial charge in [-0.15, -0.1) is 5.10 Å².